The zero-order chi connectivity index (χ0) is 10.5. The van der Waals surface area contributed by atoms with E-state index >= 15 is 0 Å². The molecule has 0 aliphatic rings. The highest BCUT2D eigenvalue weighted by Crippen LogP contribution is 2.10. The fourth-order valence-electron chi connectivity index (χ4n) is 1.20. The van der Waals surface area contributed by atoms with Gasteiger partial charge in [-0.2, -0.15) is 0 Å². The second kappa shape index (κ2) is 5.60. The van der Waals surface area contributed by atoms with Crippen LogP contribution in [0.4, 0.5) is 0 Å². The summed E-state index contributed by atoms with van der Waals surface area (Å²) >= 11 is 0. The Morgan fingerprint density at radius 1 is 1.31 bits per heavy atom. The lowest BCUT2D eigenvalue weighted by Crippen LogP contribution is -2.28. The summed E-state index contributed by atoms with van der Waals surface area (Å²) in [4.78, 5) is 0. The number of hydrogen-bond donors (Lipinski definition) is 1. The fourth-order valence-corrected chi connectivity index (χ4v) is 1.89. The Kier molecular flexibility index (Phi) is 5.56. The van der Waals surface area contributed by atoms with Crippen LogP contribution in [0, 0.1) is 5.92 Å². The number of hydrogen-bond acceptors (Lipinski definition) is 3. The predicted molar refractivity (Wildman–Crippen MR) is 56.6 cm³/mol. The quantitative estimate of drug-likeness (QED) is 0.708. The molecule has 0 aromatic heterocycles. The second-order valence-corrected chi connectivity index (χ2v) is 6.09. The first-order valence-corrected chi connectivity index (χ1v) is 6.78. The van der Waals surface area contributed by atoms with Crippen molar-refractivity contribution in [3.63, 3.8) is 0 Å². The molecule has 0 spiro atoms. The molecule has 0 aliphatic heterocycles. The minimum absolute atomic E-state index is 0.313. The van der Waals surface area contributed by atoms with Crippen molar-refractivity contribution in [2.75, 3.05) is 19.1 Å². The van der Waals surface area contributed by atoms with Gasteiger partial charge in [0.25, 0.3) is 0 Å². The van der Waals surface area contributed by atoms with Crippen molar-refractivity contribution in [3.05, 3.63) is 0 Å². The Labute approximate surface area is 81.8 Å². The first-order chi connectivity index (χ1) is 5.87. The first-order valence-electron chi connectivity index (χ1n) is 4.72. The van der Waals surface area contributed by atoms with E-state index in [0.717, 1.165) is 12.8 Å². The van der Waals surface area contributed by atoms with Gasteiger partial charge < -0.3 is 5.32 Å². The molecule has 3 nitrogen and oxygen atoms in total. The average Bonchev–Trinajstić information content (AvgIpc) is 2.00. The normalized spacial score (nSPS) is 16.9. The van der Waals surface area contributed by atoms with Gasteiger partial charge in [0, 0.05) is 18.1 Å². The van der Waals surface area contributed by atoms with Gasteiger partial charge in [0.1, 0.15) is 9.84 Å². The van der Waals surface area contributed by atoms with Crippen LogP contribution >= 0.6 is 0 Å². The Morgan fingerprint density at radius 3 is 2.23 bits per heavy atom. The van der Waals surface area contributed by atoms with Crippen LogP contribution in [-0.4, -0.2) is 33.5 Å². The van der Waals surface area contributed by atoms with Crippen molar-refractivity contribution < 1.29 is 8.42 Å². The molecular formula is C9H21NO2S. The maximum Gasteiger partial charge on any atom is 0.147 e. The highest BCUT2D eigenvalue weighted by molar-refractivity contribution is 7.90. The van der Waals surface area contributed by atoms with Crippen molar-refractivity contribution in [2.45, 2.75) is 32.7 Å². The summed E-state index contributed by atoms with van der Waals surface area (Å²) in [5.41, 5.74) is 0. The van der Waals surface area contributed by atoms with Crippen molar-refractivity contribution in [2.24, 2.45) is 5.92 Å². The summed E-state index contributed by atoms with van der Waals surface area (Å²) in [5, 5.41) is 3.16. The average molecular weight is 207 g/mol. The maximum atomic E-state index is 10.8. The molecule has 0 fully saturated rings. The summed E-state index contributed by atoms with van der Waals surface area (Å²) in [5.74, 6) is 0.847. The highest BCUT2D eigenvalue weighted by Gasteiger charge is 2.10. The van der Waals surface area contributed by atoms with Crippen molar-refractivity contribution in [1.82, 2.24) is 5.32 Å². The molecule has 0 aliphatic carbocycles. The molecule has 0 saturated carbocycles. The van der Waals surface area contributed by atoms with Gasteiger partial charge in [0.2, 0.25) is 0 Å². The molecule has 0 radical (unpaired) electrons. The SMILES string of the molecule is CNC(C)C(C)CCCS(C)(=O)=O. The Balaban J connectivity index is 3.65. The van der Waals surface area contributed by atoms with E-state index in [2.05, 4.69) is 19.2 Å². The molecule has 0 aromatic rings. The van der Waals surface area contributed by atoms with Crippen LogP contribution in [0.5, 0.6) is 0 Å². The van der Waals surface area contributed by atoms with Gasteiger partial charge in [0.15, 0.2) is 0 Å². The van der Waals surface area contributed by atoms with E-state index in [1.807, 2.05) is 7.05 Å². The minimum Gasteiger partial charge on any atom is -0.317 e. The molecule has 2 atom stereocenters. The molecule has 2 unspecified atom stereocenters. The van der Waals surface area contributed by atoms with Gasteiger partial charge in [0.05, 0.1) is 0 Å². The predicted octanol–water partition coefficient (Wildman–Crippen LogP) is 1.06. The second-order valence-electron chi connectivity index (χ2n) is 3.83. The van der Waals surface area contributed by atoms with Gasteiger partial charge in [-0.1, -0.05) is 6.92 Å². The third kappa shape index (κ3) is 7.02. The van der Waals surface area contributed by atoms with Gasteiger partial charge in [-0.3, -0.25) is 0 Å². The molecule has 1 N–H and O–H groups in total. The molecule has 0 rings (SSSR count). The van der Waals surface area contributed by atoms with Crippen LogP contribution in [-0.2, 0) is 9.84 Å². The van der Waals surface area contributed by atoms with Crippen LogP contribution in [0.2, 0.25) is 0 Å². The van der Waals surface area contributed by atoms with E-state index in [-0.39, 0.29) is 0 Å². The lowest BCUT2D eigenvalue weighted by Gasteiger charge is -2.18. The van der Waals surface area contributed by atoms with E-state index in [1.54, 1.807) is 0 Å². The summed E-state index contributed by atoms with van der Waals surface area (Å²) in [7, 11) is -0.844. The summed E-state index contributed by atoms with van der Waals surface area (Å²) in [6.07, 6.45) is 3.03. The maximum absolute atomic E-state index is 10.8. The third-order valence-corrected chi connectivity index (χ3v) is 3.51. The van der Waals surface area contributed by atoms with Gasteiger partial charge >= 0.3 is 0 Å². The highest BCUT2D eigenvalue weighted by atomic mass is 32.2. The van der Waals surface area contributed by atoms with Crippen LogP contribution < -0.4 is 5.32 Å². The van der Waals surface area contributed by atoms with Gasteiger partial charge in [-0.15, -0.1) is 0 Å². The Hall–Kier alpha value is -0.0900. The monoisotopic (exact) mass is 207 g/mol. The van der Waals surface area contributed by atoms with Crippen LogP contribution in [0.1, 0.15) is 26.7 Å². The van der Waals surface area contributed by atoms with Crippen LogP contribution in [0.25, 0.3) is 0 Å². The largest absolute Gasteiger partial charge is 0.317 e. The summed E-state index contributed by atoms with van der Waals surface area (Å²) in [6.45, 7) is 4.26. The summed E-state index contributed by atoms with van der Waals surface area (Å²) in [6, 6.07) is 0.458. The minimum atomic E-state index is -2.77. The zero-order valence-corrected chi connectivity index (χ0v) is 9.82. The third-order valence-electron chi connectivity index (χ3n) is 2.48. The van der Waals surface area contributed by atoms with Crippen molar-refractivity contribution in [3.8, 4) is 0 Å². The standard InChI is InChI=1S/C9H21NO2S/c1-8(9(2)10-3)6-5-7-13(4,11)12/h8-10H,5-7H2,1-4H3. The van der Waals surface area contributed by atoms with E-state index in [1.165, 1.54) is 6.26 Å². The van der Waals surface area contributed by atoms with Crippen LogP contribution in [0.3, 0.4) is 0 Å². The lowest BCUT2D eigenvalue weighted by molar-refractivity contribution is 0.397. The molecule has 80 valence electrons. The smallest absolute Gasteiger partial charge is 0.147 e. The number of rotatable bonds is 6. The molecule has 0 saturated heterocycles. The van der Waals surface area contributed by atoms with E-state index in [4.69, 9.17) is 0 Å². The number of sulfone groups is 1. The van der Waals surface area contributed by atoms with Gasteiger partial charge in [-0.25, -0.2) is 8.42 Å². The van der Waals surface area contributed by atoms with Crippen molar-refractivity contribution in [1.29, 1.82) is 0 Å². The fraction of sp³-hybridized carbons (Fsp3) is 1.00. The van der Waals surface area contributed by atoms with Crippen LogP contribution in [0.15, 0.2) is 0 Å². The first kappa shape index (κ1) is 12.9. The topological polar surface area (TPSA) is 46.2 Å². The molecule has 0 bridgehead atoms. The molecule has 13 heavy (non-hydrogen) atoms. The zero-order valence-electron chi connectivity index (χ0n) is 9.00. The summed E-state index contributed by atoms with van der Waals surface area (Å²) < 4.78 is 21.7. The van der Waals surface area contributed by atoms with Gasteiger partial charge in [-0.05, 0) is 32.7 Å². The Bertz CT molecular complexity index is 224. The molecule has 0 aromatic carbocycles. The molecule has 0 amide bonds. The van der Waals surface area contributed by atoms with Crippen molar-refractivity contribution >= 4 is 9.84 Å². The molecule has 4 heteroatoms. The molecule has 0 heterocycles. The lowest BCUT2D eigenvalue weighted by atomic mass is 9.99. The Morgan fingerprint density at radius 2 is 1.85 bits per heavy atom. The van der Waals surface area contributed by atoms with E-state index in [9.17, 15) is 8.42 Å². The van der Waals surface area contributed by atoms with E-state index < -0.39 is 9.84 Å². The molecular weight excluding hydrogens is 186 g/mol. The van der Waals surface area contributed by atoms with E-state index in [0.29, 0.717) is 17.7 Å². The number of nitrogens with one attached hydrogen (secondary N) is 1.